The summed E-state index contributed by atoms with van der Waals surface area (Å²) in [6, 6.07) is 4.93. The first-order valence-corrected chi connectivity index (χ1v) is 13.8. The van der Waals surface area contributed by atoms with Crippen LogP contribution in [0.5, 0.6) is 0 Å². The number of nitrogens with one attached hydrogen (secondary N) is 1. The zero-order chi connectivity index (χ0) is 27.6. The molecule has 196 valence electrons. The minimum atomic E-state index is -4.64. The zero-order valence-corrected chi connectivity index (χ0v) is 19.2. The Balaban J connectivity index is -0.0000000919. The van der Waals surface area contributed by atoms with E-state index in [9.17, 15) is 4.79 Å². The first-order chi connectivity index (χ1) is 13.4. The van der Waals surface area contributed by atoms with Crippen molar-refractivity contribution in [1.29, 1.82) is 0 Å². The molecule has 0 unspecified atom stereocenters. The molecule has 32 heavy (non-hydrogen) atoms. The Morgan fingerprint density at radius 3 is 0.719 bits per heavy atom. The monoisotopic (exact) mass is 585 g/mol. The fourth-order valence-electron chi connectivity index (χ4n) is 0.377. The van der Waals surface area contributed by atoms with Gasteiger partial charge in [-0.3, -0.25) is 4.79 Å². The van der Waals surface area contributed by atoms with E-state index in [-0.39, 0.29) is 5.56 Å². The Kier molecular flexibility index (Phi) is 24.6. The molecule has 0 aliphatic rings. The van der Waals surface area contributed by atoms with Gasteiger partial charge in [0.1, 0.15) is 0 Å². The van der Waals surface area contributed by atoms with Crippen LogP contribution in [0.4, 0.5) is 0 Å². The summed E-state index contributed by atoms with van der Waals surface area (Å²) < 4.78 is 44.4. The van der Waals surface area contributed by atoms with Gasteiger partial charge in [0.2, 0.25) is 5.56 Å². The van der Waals surface area contributed by atoms with Crippen molar-refractivity contribution in [1.82, 2.24) is 4.98 Å². The van der Waals surface area contributed by atoms with Crippen molar-refractivity contribution in [3.05, 3.63) is 34.7 Å². The number of phosphoric acid groups is 5. The topological polar surface area (TPSA) is 422 Å². The predicted octanol–water partition coefficient (Wildman–Crippen LogP) is -4.27. The van der Waals surface area contributed by atoms with Gasteiger partial charge in [0.05, 0.1) is 0 Å². The number of aromatic nitrogens is 1. The molecule has 0 saturated heterocycles. The van der Waals surface area contributed by atoms with Crippen LogP contribution in [0.1, 0.15) is 0 Å². The lowest BCUT2D eigenvalue weighted by Gasteiger charge is -1.82. The average molecular weight is 585 g/mol. The summed E-state index contributed by atoms with van der Waals surface area (Å²) in [5.74, 6) is 0. The molecule has 16 N–H and O–H groups in total. The summed E-state index contributed by atoms with van der Waals surface area (Å²) in [5, 5.41) is 0. The summed E-state index contributed by atoms with van der Waals surface area (Å²) in [6.07, 6.45) is 1.60. The summed E-state index contributed by atoms with van der Waals surface area (Å²) in [4.78, 5) is 121. The lowest BCUT2D eigenvalue weighted by molar-refractivity contribution is 0.272. The van der Waals surface area contributed by atoms with E-state index in [4.69, 9.17) is 96.2 Å². The molecule has 0 spiro atoms. The minimum absolute atomic E-state index is 0.0532. The maximum absolute atomic E-state index is 10.2. The molecule has 0 radical (unpaired) electrons. The van der Waals surface area contributed by atoms with Gasteiger partial charge in [-0.1, -0.05) is 6.07 Å². The summed E-state index contributed by atoms with van der Waals surface area (Å²) >= 11 is 0. The maximum atomic E-state index is 10.2. The molecule has 1 heterocycles. The standard InChI is InChI=1S/C5H5NO.5H3O4P/c7-5-3-1-2-4-6-5;5*1-5(2,3)4/h1-4H,(H,6,7);5*(H3,1,2,3,4). The predicted molar refractivity (Wildman–Crippen MR) is 98.4 cm³/mol. The van der Waals surface area contributed by atoms with E-state index in [2.05, 4.69) is 4.98 Å². The largest absolute Gasteiger partial charge is 0.466 e. The number of rotatable bonds is 0. The fourth-order valence-corrected chi connectivity index (χ4v) is 0.377. The van der Waals surface area contributed by atoms with Crippen molar-refractivity contribution in [2.45, 2.75) is 0 Å². The molecule has 0 bridgehead atoms. The van der Waals surface area contributed by atoms with Gasteiger partial charge in [0, 0.05) is 12.3 Å². The molecule has 0 amide bonds. The van der Waals surface area contributed by atoms with Crippen molar-refractivity contribution >= 4 is 39.1 Å². The zero-order valence-electron chi connectivity index (χ0n) is 14.7. The Morgan fingerprint density at radius 1 is 0.469 bits per heavy atom. The highest BCUT2D eigenvalue weighted by molar-refractivity contribution is 7.46. The van der Waals surface area contributed by atoms with Crippen LogP contribution >= 0.6 is 39.1 Å². The van der Waals surface area contributed by atoms with Crippen LogP contribution in [0.15, 0.2) is 29.2 Å². The number of H-pyrrole nitrogens is 1. The highest BCUT2D eigenvalue weighted by Gasteiger charge is 2.01. The van der Waals surface area contributed by atoms with Gasteiger partial charge in [-0.2, -0.15) is 0 Å². The van der Waals surface area contributed by atoms with Crippen molar-refractivity contribution in [2.75, 3.05) is 0 Å². The van der Waals surface area contributed by atoms with Crippen molar-refractivity contribution in [2.24, 2.45) is 0 Å². The number of aromatic amines is 1. The quantitative estimate of drug-likeness (QED) is 0.128. The fraction of sp³-hybridized carbons (Fsp3) is 0. The van der Waals surface area contributed by atoms with Gasteiger partial charge in [-0.05, 0) is 6.07 Å². The van der Waals surface area contributed by atoms with Crippen molar-refractivity contribution in [3.8, 4) is 0 Å². The second kappa shape index (κ2) is 18.9. The molecule has 0 atom stereocenters. The molecule has 1 aromatic rings. The number of hydrogen-bond acceptors (Lipinski definition) is 6. The van der Waals surface area contributed by atoms with Gasteiger partial charge in [0.25, 0.3) is 0 Å². The molecule has 22 nitrogen and oxygen atoms in total. The number of pyridine rings is 1. The first kappa shape index (κ1) is 41.7. The molecule has 27 heteroatoms. The lowest BCUT2D eigenvalue weighted by Crippen LogP contribution is -1.98. The Hall–Kier alpha value is -0.500. The van der Waals surface area contributed by atoms with Crippen molar-refractivity contribution < 1.29 is 96.2 Å². The SMILES string of the molecule is O=P(O)(O)O.O=P(O)(O)O.O=P(O)(O)O.O=P(O)(O)O.O=P(O)(O)O.O=c1cccc[nH]1. The van der Waals surface area contributed by atoms with Crippen LogP contribution < -0.4 is 5.56 Å². The Labute approximate surface area is 176 Å². The summed E-state index contributed by atoms with van der Waals surface area (Å²) in [6.45, 7) is 0. The van der Waals surface area contributed by atoms with E-state index in [0.717, 1.165) is 0 Å². The summed E-state index contributed by atoms with van der Waals surface area (Å²) in [5.41, 5.74) is -0.0532. The third-order valence-corrected chi connectivity index (χ3v) is 0.681. The smallest absolute Gasteiger partial charge is 0.329 e. The van der Waals surface area contributed by atoms with Crippen LogP contribution in [0, 0.1) is 0 Å². The van der Waals surface area contributed by atoms with Crippen molar-refractivity contribution in [3.63, 3.8) is 0 Å². The van der Waals surface area contributed by atoms with Crippen LogP contribution in [0.3, 0.4) is 0 Å². The van der Waals surface area contributed by atoms with Gasteiger partial charge in [0.15, 0.2) is 0 Å². The number of hydrogen-bond donors (Lipinski definition) is 16. The second-order valence-electron chi connectivity index (χ2n) is 3.79. The second-order valence-corrected chi connectivity index (χ2v) is 8.93. The molecule has 0 saturated carbocycles. The maximum Gasteiger partial charge on any atom is 0.466 e. The highest BCUT2D eigenvalue weighted by Crippen LogP contribution is 2.27. The molecule has 0 aromatic carbocycles. The Morgan fingerprint density at radius 2 is 0.656 bits per heavy atom. The van der Waals surface area contributed by atoms with Crippen LogP contribution in [0.25, 0.3) is 0 Å². The van der Waals surface area contributed by atoms with E-state index < -0.39 is 39.1 Å². The van der Waals surface area contributed by atoms with E-state index >= 15 is 0 Å². The van der Waals surface area contributed by atoms with Crippen LogP contribution in [0.2, 0.25) is 0 Å². The third kappa shape index (κ3) is 426. The molecular weight excluding hydrogens is 565 g/mol. The normalized spacial score (nSPS) is 11.1. The molecule has 1 aromatic heterocycles. The third-order valence-electron chi connectivity index (χ3n) is 0.681. The minimum Gasteiger partial charge on any atom is -0.329 e. The molecule has 0 aliphatic heterocycles. The van der Waals surface area contributed by atoms with Gasteiger partial charge < -0.3 is 78.4 Å². The molecule has 0 aliphatic carbocycles. The van der Waals surface area contributed by atoms with Crippen LogP contribution in [-0.2, 0) is 22.8 Å². The van der Waals surface area contributed by atoms with Gasteiger partial charge in [-0.25, -0.2) is 22.8 Å². The van der Waals surface area contributed by atoms with E-state index in [0.29, 0.717) is 0 Å². The molecule has 0 fully saturated rings. The molecular formula is C5H20NO21P5. The molecule has 1 rings (SSSR count). The average Bonchev–Trinajstić information content (AvgIpc) is 2.28. The summed E-state index contributed by atoms with van der Waals surface area (Å²) in [7, 11) is -23.2. The van der Waals surface area contributed by atoms with E-state index in [1.807, 2.05) is 0 Å². The van der Waals surface area contributed by atoms with Crippen LogP contribution in [-0.4, -0.2) is 78.4 Å². The highest BCUT2D eigenvalue weighted by atomic mass is 31.2. The Bertz CT molecular complexity index is 688. The van der Waals surface area contributed by atoms with E-state index in [1.54, 1.807) is 18.3 Å². The lowest BCUT2D eigenvalue weighted by atomic mass is 10.5. The van der Waals surface area contributed by atoms with Gasteiger partial charge >= 0.3 is 39.1 Å². The first-order valence-electron chi connectivity index (χ1n) is 5.94. The van der Waals surface area contributed by atoms with Gasteiger partial charge in [-0.15, -0.1) is 0 Å². The van der Waals surface area contributed by atoms with E-state index in [1.165, 1.54) is 6.07 Å².